The highest BCUT2D eigenvalue weighted by atomic mass is 32.2. The number of pyridine rings is 1. The highest BCUT2D eigenvalue weighted by Crippen LogP contribution is 2.28. The molecule has 1 saturated heterocycles. The lowest BCUT2D eigenvalue weighted by Gasteiger charge is -2.27. The molecule has 3 rings (SSSR count). The van der Waals surface area contributed by atoms with E-state index in [0.29, 0.717) is 17.0 Å². The molecule has 2 aromatic heterocycles. The Hall–Kier alpha value is -1.40. The Morgan fingerprint density at radius 1 is 1.43 bits per heavy atom. The number of nitrogens with zero attached hydrogens (tertiary/aromatic N) is 4. The third kappa shape index (κ3) is 4.12. The second-order valence-corrected chi connectivity index (χ2v) is 7.52. The number of hydrogen-bond acceptors (Lipinski definition) is 6. The molecule has 124 valence electrons. The van der Waals surface area contributed by atoms with Gasteiger partial charge < -0.3 is 4.52 Å². The van der Waals surface area contributed by atoms with E-state index in [0.717, 1.165) is 18.7 Å². The standard InChI is InChI=1S/C17H24N4OS/c1-3-23-15-8-4-5-10-21(12-15)13(2)17-19-16(20-22-17)14-7-6-9-18-11-14/h6-7,9,11,13,15H,3-5,8,10,12H2,1-2H3/t13-,15-/m1/s1. The van der Waals surface area contributed by atoms with E-state index >= 15 is 0 Å². The molecule has 0 spiro atoms. The first-order valence-electron chi connectivity index (χ1n) is 8.37. The summed E-state index contributed by atoms with van der Waals surface area (Å²) in [4.78, 5) is 11.2. The third-order valence-electron chi connectivity index (χ3n) is 4.33. The molecule has 0 unspecified atom stereocenters. The SMILES string of the molecule is CCS[C@@H]1CCCCN([C@H](C)c2nc(-c3cccnc3)no2)C1. The van der Waals surface area contributed by atoms with E-state index < -0.39 is 0 Å². The first kappa shape index (κ1) is 16.5. The van der Waals surface area contributed by atoms with E-state index in [1.165, 1.54) is 25.0 Å². The lowest BCUT2D eigenvalue weighted by Crippen LogP contribution is -2.32. The fraction of sp³-hybridized carbons (Fsp3) is 0.588. The van der Waals surface area contributed by atoms with E-state index in [4.69, 9.17) is 4.52 Å². The topological polar surface area (TPSA) is 55.1 Å². The van der Waals surface area contributed by atoms with Gasteiger partial charge in [0.1, 0.15) is 0 Å². The van der Waals surface area contributed by atoms with Gasteiger partial charge in [-0.2, -0.15) is 16.7 Å². The summed E-state index contributed by atoms with van der Waals surface area (Å²) in [6, 6.07) is 3.99. The van der Waals surface area contributed by atoms with Gasteiger partial charge >= 0.3 is 0 Å². The van der Waals surface area contributed by atoms with Crippen LogP contribution in [0.3, 0.4) is 0 Å². The van der Waals surface area contributed by atoms with Crippen molar-refractivity contribution in [1.82, 2.24) is 20.0 Å². The van der Waals surface area contributed by atoms with Gasteiger partial charge in [0.05, 0.1) is 6.04 Å². The average molecular weight is 332 g/mol. The summed E-state index contributed by atoms with van der Waals surface area (Å²) < 4.78 is 5.53. The van der Waals surface area contributed by atoms with Crippen molar-refractivity contribution in [3.63, 3.8) is 0 Å². The fourth-order valence-corrected chi connectivity index (χ4v) is 4.13. The van der Waals surface area contributed by atoms with Crippen LogP contribution in [0, 0.1) is 0 Å². The molecule has 3 heterocycles. The first-order valence-corrected chi connectivity index (χ1v) is 9.42. The lowest BCUT2D eigenvalue weighted by molar-refractivity contribution is 0.180. The molecule has 2 atom stereocenters. The van der Waals surface area contributed by atoms with Crippen LogP contribution in [0.1, 0.15) is 45.0 Å². The molecule has 0 aromatic carbocycles. The molecule has 0 N–H and O–H groups in total. The molecule has 5 nitrogen and oxygen atoms in total. The Bertz CT molecular complexity index is 604. The molecule has 1 aliphatic heterocycles. The van der Waals surface area contributed by atoms with Gasteiger partial charge in [-0.05, 0) is 44.2 Å². The van der Waals surface area contributed by atoms with E-state index in [-0.39, 0.29) is 6.04 Å². The molecule has 0 saturated carbocycles. The van der Waals surface area contributed by atoms with Gasteiger partial charge in [-0.1, -0.05) is 18.5 Å². The van der Waals surface area contributed by atoms with Crippen molar-refractivity contribution in [2.75, 3.05) is 18.8 Å². The number of likely N-dealkylation sites (tertiary alicyclic amines) is 1. The Morgan fingerprint density at radius 2 is 2.35 bits per heavy atom. The molecule has 2 aromatic rings. The van der Waals surface area contributed by atoms with Crippen molar-refractivity contribution in [1.29, 1.82) is 0 Å². The van der Waals surface area contributed by atoms with Crippen LogP contribution in [0.15, 0.2) is 29.0 Å². The molecule has 1 aliphatic rings. The van der Waals surface area contributed by atoms with Crippen LogP contribution in [-0.4, -0.2) is 44.1 Å². The van der Waals surface area contributed by atoms with Crippen LogP contribution in [0.5, 0.6) is 0 Å². The quantitative estimate of drug-likeness (QED) is 0.830. The predicted octanol–water partition coefficient (Wildman–Crippen LogP) is 3.80. The van der Waals surface area contributed by atoms with Crippen LogP contribution in [0.2, 0.25) is 0 Å². The zero-order chi connectivity index (χ0) is 16.1. The summed E-state index contributed by atoms with van der Waals surface area (Å²) in [6.07, 6.45) is 7.38. The van der Waals surface area contributed by atoms with Gasteiger partial charge in [0.15, 0.2) is 0 Å². The Morgan fingerprint density at radius 3 is 3.13 bits per heavy atom. The Labute approximate surface area is 141 Å². The number of aromatic nitrogens is 3. The maximum atomic E-state index is 5.53. The van der Waals surface area contributed by atoms with Gasteiger partial charge in [-0.15, -0.1) is 0 Å². The van der Waals surface area contributed by atoms with Crippen LogP contribution in [0.25, 0.3) is 11.4 Å². The van der Waals surface area contributed by atoms with Crippen molar-refractivity contribution in [2.45, 2.75) is 44.4 Å². The normalized spacial score (nSPS) is 21.0. The summed E-state index contributed by atoms with van der Waals surface area (Å²) in [5, 5.41) is 4.84. The number of hydrogen-bond donors (Lipinski definition) is 0. The predicted molar refractivity (Wildman–Crippen MR) is 93.3 cm³/mol. The smallest absolute Gasteiger partial charge is 0.244 e. The minimum absolute atomic E-state index is 0.158. The summed E-state index contributed by atoms with van der Waals surface area (Å²) >= 11 is 2.07. The highest BCUT2D eigenvalue weighted by molar-refractivity contribution is 7.99. The summed E-state index contributed by atoms with van der Waals surface area (Å²) in [5.74, 6) is 2.50. The third-order valence-corrected chi connectivity index (χ3v) is 5.52. The maximum absolute atomic E-state index is 5.53. The number of rotatable bonds is 5. The molecule has 6 heteroatoms. The van der Waals surface area contributed by atoms with Crippen molar-refractivity contribution < 1.29 is 4.52 Å². The second kappa shape index (κ2) is 7.93. The van der Waals surface area contributed by atoms with E-state index in [9.17, 15) is 0 Å². The van der Waals surface area contributed by atoms with E-state index in [1.54, 1.807) is 12.4 Å². The number of thioether (sulfide) groups is 1. The summed E-state index contributed by atoms with van der Waals surface area (Å²) in [7, 11) is 0. The van der Waals surface area contributed by atoms with Crippen molar-refractivity contribution in [3.8, 4) is 11.4 Å². The highest BCUT2D eigenvalue weighted by Gasteiger charge is 2.26. The van der Waals surface area contributed by atoms with Gasteiger partial charge in [-0.3, -0.25) is 9.88 Å². The molecule has 0 radical (unpaired) electrons. The Kier molecular flexibility index (Phi) is 5.67. The van der Waals surface area contributed by atoms with Gasteiger partial charge in [0.2, 0.25) is 11.7 Å². The molecular weight excluding hydrogens is 308 g/mol. The zero-order valence-corrected chi connectivity index (χ0v) is 14.6. The van der Waals surface area contributed by atoms with Crippen molar-refractivity contribution >= 4 is 11.8 Å². The van der Waals surface area contributed by atoms with E-state index in [2.05, 4.69) is 45.6 Å². The lowest BCUT2D eigenvalue weighted by atomic mass is 10.2. The summed E-state index contributed by atoms with van der Waals surface area (Å²) in [6.45, 7) is 6.61. The average Bonchev–Trinajstić information content (AvgIpc) is 2.96. The monoisotopic (exact) mass is 332 g/mol. The largest absolute Gasteiger partial charge is 0.337 e. The summed E-state index contributed by atoms with van der Waals surface area (Å²) in [5.41, 5.74) is 0.894. The molecule has 0 bridgehead atoms. The van der Waals surface area contributed by atoms with Gasteiger partial charge in [0, 0.05) is 29.8 Å². The van der Waals surface area contributed by atoms with E-state index in [1.807, 2.05) is 12.1 Å². The van der Waals surface area contributed by atoms with Crippen LogP contribution in [-0.2, 0) is 0 Å². The van der Waals surface area contributed by atoms with Crippen molar-refractivity contribution in [3.05, 3.63) is 30.4 Å². The maximum Gasteiger partial charge on any atom is 0.244 e. The Balaban J connectivity index is 1.72. The van der Waals surface area contributed by atoms with Crippen LogP contribution >= 0.6 is 11.8 Å². The van der Waals surface area contributed by atoms with Crippen molar-refractivity contribution in [2.24, 2.45) is 0 Å². The molecule has 0 aliphatic carbocycles. The molecular formula is C17H24N4OS. The van der Waals surface area contributed by atoms with Gasteiger partial charge in [-0.25, -0.2) is 0 Å². The van der Waals surface area contributed by atoms with Gasteiger partial charge in [0.25, 0.3) is 0 Å². The fourth-order valence-electron chi connectivity index (χ4n) is 3.03. The molecule has 0 amide bonds. The molecule has 23 heavy (non-hydrogen) atoms. The minimum atomic E-state index is 0.158. The minimum Gasteiger partial charge on any atom is -0.337 e. The molecule has 1 fully saturated rings. The van der Waals surface area contributed by atoms with Crippen LogP contribution in [0.4, 0.5) is 0 Å². The second-order valence-electron chi connectivity index (χ2n) is 5.94. The zero-order valence-electron chi connectivity index (χ0n) is 13.8. The first-order chi connectivity index (χ1) is 11.3. The van der Waals surface area contributed by atoms with Crippen LogP contribution < -0.4 is 0 Å².